The van der Waals surface area contributed by atoms with E-state index in [1.54, 1.807) is 54.6 Å². The predicted molar refractivity (Wildman–Crippen MR) is 112 cm³/mol. The lowest BCUT2D eigenvalue weighted by Gasteiger charge is -2.23. The highest BCUT2D eigenvalue weighted by Gasteiger charge is 2.27. The summed E-state index contributed by atoms with van der Waals surface area (Å²) in [6, 6.07) is 17.9. The number of amides is 1. The summed E-state index contributed by atoms with van der Waals surface area (Å²) in [6.45, 7) is -0.457. The zero-order valence-corrected chi connectivity index (χ0v) is 16.7. The van der Waals surface area contributed by atoms with Crippen molar-refractivity contribution in [1.82, 2.24) is 10.4 Å². The molecule has 0 radical (unpaired) electrons. The van der Waals surface area contributed by atoms with Gasteiger partial charge in [-0.3, -0.25) is 14.1 Å². The quantitative estimate of drug-likeness (QED) is 0.462. The Morgan fingerprint density at radius 1 is 1.07 bits per heavy atom. The monoisotopic (exact) mass is 428 g/mol. The van der Waals surface area contributed by atoms with E-state index < -0.39 is 22.5 Å². The van der Waals surface area contributed by atoms with Crippen LogP contribution in [-0.2, 0) is 14.8 Å². The lowest BCUT2D eigenvalue weighted by atomic mass is 10.2. The molecule has 0 aliphatic rings. The number of carbonyl (C=O) groups excluding carboxylic acids is 1. The summed E-state index contributed by atoms with van der Waals surface area (Å²) in [5, 5.41) is 4.46. The van der Waals surface area contributed by atoms with E-state index in [-0.39, 0.29) is 10.6 Å². The second-order valence-corrected chi connectivity index (χ2v) is 8.18. The van der Waals surface area contributed by atoms with Crippen LogP contribution in [0.1, 0.15) is 5.56 Å². The first-order chi connectivity index (χ1) is 14.0. The number of nitrogens with zero attached hydrogens (tertiary/aromatic N) is 3. The summed E-state index contributed by atoms with van der Waals surface area (Å²) < 4.78 is 27.1. The average Bonchev–Trinajstić information content (AvgIpc) is 2.74. The van der Waals surface area contributed by atoms with Crippen molar-refractivity contribution in [2.75, 3.05) is 10.8 Å². The first-order valence-corrected chi connectivity index (χ1v) is 10.3. The van der Waals surface area contributed by atoms with Crippen LogP contribution in [0.15, 0.2) is 89.1 Å². The SMILES string of the molecule is O=C(CN(c1cccnc1)S(=O)(=O)c1ccccc1)N/N=C/c1ccc(Cl)cc1. The lowest BCUT2D eigenvalue weighted by Crippen LogP contribution is -2.39. The maximum atomic E-state index is 13.1. The number of benzene rings is 2. The van der Waals surface area contributed by atoms with Crippen LogP contribution >= 0.6 is 11.6 Å². The number of anilines is 1. The van der Waals surface area contributed by atoms with E-state index in [9.17, 15) is 13.2 Å². The van der Waals surface area contributed by atoms with Gasteiger partial charge >= 0.3 is 0 Å². The molecule has 1 aromatic heterocycles. The Bertz CT molecular complexity index is 1090. The van der Waals surface area contributed by atoms with Crippen LogP contribution in [0.3, 0.4) is 0 Å². The Morgan fingerprint density at radius 2 is 1.79 bits per heavy atom. The van der Waals surface area contributed by atoms with Crippen LogP contribution in [-0.4, -0.2) is 32.1 Å². The molecule has 3 rings (SSSR count). The fourth-order valence-electron chi connectivity index (χ4n) is 2.43. The van der Waals surface area contributed by atoms with Crippen molar-refractivity contribution in [2.45, 2.75) is 4.90 Å². The summed E-state index contributed by atoms with van der Waals surface area (Å²) >= 11 is 5.82. The fraction of sp³-hybridized carbons (Fsp3) is 0.0500. The summed E-state index contributed by atoms with van der Waals surface area (Å²) in [5.74, 6) is -0.599. The van der Waals surface area contributed by atoms with Crippen molar-refractivity contribution in [3.63, 3.8) is 0 Å². The molecule has 0 aliphatic heterocycles. The van der Waals surface area contributed by atoms with Gasteiger partial charge in [0, 0.05) is 11.2 Å². The van der Waals surface area contributed by atoms with Crippen LogP contribution in [0.5, 0.6) is 0 Å². The third kappa shape index (κ3) is 5.40. The molecule has 0 saturated carbocycles. The van der Waals surface area contributed by atoms with Crippen molar-refractivity contribution in [3.05, 3.63) is 89.7 Å². The van der Waals surface area contributed by atoms with Crippen LogP contribution in [0.4, 0.5) is 5.69 Å². The molecule has 2 aromatic carbocycles. The minimum absolute atomic E-state index is 0.0707. The van der Waals surface area contributed by atoms with Crippen LogP contribution < -0.4 is 9.73 Å². The molecule has 0 aliphatic carbocycles. The molecule has 3 aromatic rings. The number of pyridine rings is 1. The van der Waals surface area contributed by atoms with Crippen molar-refractivity contribution in [2.24, 2.45) is 5.10 Å². The Hall–Kier alpha value is -3.23. The van der Waals surface area contributed by atoms with Crippen LogP contribution in [0, 0.1) is 0 Å². The van der Waals surface area contributed by atoms with Gasteiger partial charge in [-0.1, -0.05) is 41.9 Å². The van der Waals surface area contributed by atoms with Gasteiger partial charge in [-0.25, -0.2) is 13.8 Å². The normalized spacial score (nSPS) is 11.3. The van der Waals surface area contributed by atoms with Gasteiger partial charge in [0.1, 0.15) is 6.54 Å². The molecular weight excluding hydrogens is 412 g/mol. The summed E-state index contributed by atoms with van der Waals surface area (Å²) in [7, 11) is -3.97. The molecule has 1 amide bonds. The Morgan fingerprint density at radius 3 is 2.45 bits per heavy atom. The summed E-state index contributed by atoms with van der Waals surface area (Å²) in [6.07, 6.45) is 4.34. The minimum atomic E-state index is -3.97. The van der Waals surface area contributed by atoms with Crippen molar-refractivity contribution in [3.8, 4) is 0 Å². The van der Waals surface area contributed by atoms with E-state index in [1.807, 2.05) is 0 Å². The van der Waals surface area contributed by atoms with Gasteiger partial charge in [0.05, 0.1) is 23.0 Å². The molecule has 148 valence electrons. The summed E-state index contributed by atoms with van der Waals surface area (Å²) in [5.41, 5.74) is 3.34. The number of nitrogens with one attached hydrogen (secondary N) is 1. The van der Waals surface area contributed by atoms with Gasteiger partial charge in [0.2, 0.25) is 0 Å². The van der Waals surface area contributed by atoms with Crippen molar-refractivity contribution in [1.29, 1.82) is 0 Å². The number of carbonyl (C=O) groups is 1. The van der Waals surface area contributed by atoms with Gasteiger partial charge in [-0.15, -0.1) is 0 Å². The first-order valence-electron chi connectivity index (χ1n) is 8.52. The molecule has 9 heteroatoms. The highest BCUT2D eigenvalue weighted by molar-refractivity contribution is 7.92. The number of aromatic nitrogens is 1. The number of rotatable bonds is 7. The topological polar surface area (TPSA) is 91.7 Å². The van der Waals surface area contributed by atoms with Crippen LogP contribution in [0.25, 0.3) is 0 Å². The molecule has 0 atom stereocenters. The van der Waals surface area contributed by atoms with Gasteiger partial charge in [0.15, 0.2) is 0 Å². The number of hydrogen-bond acceptors (Lipinski definition) is 5. The number of halogens is 1. The Kier molecular flexibility index (Phi) is 6.58. The molecule has 29 heavy (non-hydrogen) atoms. The molecule has 0 unspecified atom stereocenters. The average molecular weight is 429 g/mol. The first kappa shape index (κ1) is 20.5. The number of sulfonamides is 1. The number of hydrogen-bond donors (Lipinski definition) is 1. The standard InChI is InChI=1S/C20H17ClN4O3S/c21-17-10-8-16(9-11-17)13-23-24-20(26)15-25(18-5-4-12-22-14-18)29(27,28)19-6-2-1-3-7-19/h1-14H,15H2,(H,24,26)/b23-13+. The highest BCUT2D eigenvalue weighted by Crippen LogP contribution is 2.22. The minimum Gasteiger partial charge on any atom is -0.271 e. The van der Waals surface area contributed by atoms with Crippen molar-refractivity contribution >= 4 is 39.4 Å². The zero-order chi connectivity index (χ0) is 20.7. The van der Waals surface area contributed by atoms with Gasteiger partial charge in [0.25, 0.3) is 15.9 Å². The molecule has 0 fully saturated rings. The third-order valence-electron chi connectivity index (χ3n) is 3.83. The van der Waals surface area contributed by atoms with Crippen LogP contribution in [0.2, 0.25) is 5.02 Å². The van der Waals surface area contributed by atoms with Gasteiger partial charge in [-0.05, 0) is 42.0 Å². The van der Waals surface area contributed by atoms with E-state index in [1.165, 1.54) is 30.7 Å². The second kappa shape index (κ2) is 9.31. The van der Waals surface area contributed by atoms with E-state index in [4.69, 9.17) is 11.6 Å². The fourth-order valence-corrected chi connectivity index (χ4v) is 3.98. The largest absolute Gasteiger partial charge is 0.271 e. The lowest BCUT2D eigenvalue weighted by molar-refractivity contribution is -0.119. The third-order valence-corrected chi connectivity index (χ3v) is 5.87. The molecule has 1 heterocycles. The van der Waals surface area contributed by atoms with E-state index in [2.05, 4.69) is 15.5 Å². The second-order valence-electron chi connectivity index (χ2n) is 5.88. The number of hydrazone groups is 1. The summed E-state index contributed by atoms with van der Waals surface area (Å²) in [4.78, 5) is 16.4. The van der Waals surface area contributed by atoms with E-state index >= 15 is 0 Å². The molecule has 0 saturated heterocycles. The van der Waals surface area contributed by atoms with Gasteiger partial charge in [-0.2, -0.15) is 5.10 Å². The van der Waals surface area contributed by atoms with Crippen molar-refractivity contribution < 1.29 is 13.2 Å². The highest BCUT2D eigenvalue weighted by atomic mass is 35.5. The van der Waals surface area contributed by atoms with E-state index in [0.29, 0.717) is 5.02 Å². The van der Waals surface area contributed by atoms with E-state index in [0.717, 1.165) is 9.87 Å². The predicted octanol–water partition coefficient (Wildman–Crippen LogP) is 3.08. The molecule has 1 N–H and O–H groups in total. The zero-order valence-electron chi connectivity index (χ0n) is 15.1. The molecule has 0 bridgehead atoms. The maximum Gasteiger partial charge on any atom is 0.264 e. The maximum absolute atomic E-state index is 13.1. The Labute approximate surface area is 173 Å². The molecular formula is C20H17ClN4O3S. The Balaban J connectivity index is 1.78. The van der Waals surface area contributed by atoms with Gasteiger partial charge < -0.3 is 0 Å². The smallest absolute Gasteiger partial charge is 0.264 e. The molecule has 7 nitrogen and oxygen atoms in total. The molecule has 0 spiro atoms.